The average molecular weight is 377 g/mol. The van der Waals surface area contributed by atoms with Crippen LogP contribution in [0.15, 0.2) is 59.7 Å². The van der Waals surface area contributed by atoms with Crippen molar-refractivity contribution in [1.82, 2.24) is 9.55 Å². The third-order valence-corrected chi connectivity index (χ3v) is 4.16. The van der Waals surface area contributed by atoms with Crippen LogP contribution >= 0.6 is 0 Å². The summed E-state index contributed by atoms with van der Waals surface area (Å²) in [6, 6.07) is 14.6. The molecule has 0 atom stereocenters. The van der Waals surface area contributed by atoms with Gasteiger partial charge in [0.2, 0.25) is 5.91 Å². The predicted octanol–water partition coefficient (Wildman–Crippen LogP) is 3.56. The lowest BCUT2D eigenvalue weighted by Gasteiger charge is -2.10. The van der Waals surface area contributed by atoms with Crippen molar-refractivity contribution < 1.29 is 9.53 Å². The van der Waals surface area contributed by atoms with E-state index in [0.29, 0.717) is 12.3 Å². The summed E-state index contributed by atoms with van der Waals surface area (Å²) in [6.07, 6.45) is 1.40. The topological polar surface area (TPSA) is 73.2 Å². The number of aromatic nitrogens is 2. The van der Waals surface area contributed by atoms with Crippen LogP contribution < -0.4 is 15.6 Å². The van der Waals surface area contributed by atoms with E-state index >= 15 is 0 Å². The van der Waals surface area contributed by atoms with Gasteiger partial charge in [-0.05, 0) is 68.3 Å². The van der Waals surface area contributed by atoms with E-state index in [1.165, 1.54) is 17.0 Å². The lowest BCUT2D eigenvalue weighted by molar-refractivity contribution is -0.116. The second-order valence-corrected chi connectivity index (χ2v) is 6.62. The summed E-state index contributed by atoms with van der Waals surface area (Å²) in [5, 5.41) is 2.82. The number of anilines is 1. The summed E-state index contributed by atoms with van der Waals surface area (Å²) in [5.74, 6) is 0.491. The van der Waals surface area contributed by atoms with Crippen LogP contribution in [0.5, 0.6) is 5.75 Å². The molecular formula is C22H23N3O3. The van der Waals surface area contributed by atoms with Gasteiger partial charge >= 0.3 is 0 Å². The number of nitrogens with one attached hydrogen (secondary N) is 1. The molecule has 0 saturated heterocycles. The van der Waals surface area contributed by atoms with Crippen LogP contribution in [0.2, 0.25) is 0 Å². The number of ether oxygens (including phenoxy) is 1. The number of aryl methyl sites for hydroxylation is 2. The Morgan fingerprint density at radius 2 is 1.75 bits per heavy atom. The monoisotopic (exact) mass is 377 g/mol. The minimum atomic E-state index is -0.283. The van der Waals surface area contributed by atoms with Crippen molar-refractivity contribution in [3.8, 4) is 17.0 Å². The van der Waals surface area contributed by atoms with Gasteiger partial charge < -0.3 is 10.1 Å². The summed E-state index contributed by atoms with van der Waals surface area (Å²) < 4.78 is 6.70. The zero-order chi connectivity index (χ0) is 20.1. The Balaban J connectivity index is 1.71. The first kappa shape index (κ1) is 19.4. The smallest absolute Gasteiger partial charge is 0.254 e. The number of carbonyl (C=O) groups excluding carboxylic acids is 1. The Labute approximate surface area is 163 Å². The molecule has 1 heterocycles. The van der Waals surface area contributed by atoms with Crippen LogP contribution in [-0.2, 0) is 11.3 Å². The summed E-state index contributed by atoms with van der Waals surface area (Å²) >= 11 is 0. The Morgan fingerprint density at radius 3 is 2.36 bits per heavy atom. The van der Waals surface area contributed by atoms with Crippen molar-refractivity contribution in [3.63, 3.8) is 0 Å². The number of hydrogen-bond acceptors (Lipinski definition) is 4. The minimum absolute atomic E-state index is 0.0949. The van der Waals surface area contributed by atoms with Gasteiger partial charge in [0.25, 0.3) is 5.56 Å². The van der Waals surface area contributed by atoms with Gasteiger partial charge in [-0.25, -0.2) is 4.98 Å². The molecule has 0 aliphatic carbocycles. The lowest BCUT2D eigenvalue weighted by Crippen LogP contribution is -2.27. The molecule has 6 heteroatoms. The molecule has 0 aliphatic heterocycles. The highest BCUT2D eigenvalue weighted by molar-refractivity contribution is 5.90. The van der Waals surface area contributed by atoms with Crippen LogP contribution in [0.3, 0.4) is 0 Å². The molecule has 0 fully saturated rings. The number of benzene rings is 2. The van der Waals surface area contributed by atoms with Gasteiger partial charge in [-0.3, -0.25) is 14.2 Å². The summed E-state index contributed by atoms with van der Waals surface area (Å²) in [4.78, 5) is 29.0. The number of rotatable bonds is 6. The quantitative estimate of drug-likeness (QED) is 0.713. The molecule has 1 amide bonds. The maximum absolute atomic E-state index is 12.4. The van der Waals surface area contributed by atoms with E-state index in [9.17, 15) is 9.59 Å². The number of nitrogens with zero attached hydrogens (tertiary/aromatic N) is 2. The predicted molar refractivity (Wildman–Crippen MR) is 110 cm³/mol. The number of hydrogen-bond donors (Lipinski definition) is 1. The SMILES string of the molecule is CCOc1ccc(-c2cc(=O)n(CC(=O)Nc3cc(C)cc(C)c3)cn2)cc1. The number of amides is 1. The Morgan fingerprint density at radius 1 is 1.07 bits per heavy atom. The van der Waals surface area contributed by atoms with Crippen molar-refractivity contribution >= 4 is 11.6 Å². The van der Waals surface area contributed by atoms with Crippen molar-refractivity contribution in [3.05, 3.63) is 76.3 Å². The molecule has 2 aromatic carbocycles. The van der Waals surface area contributed by atoms with Gasteiger partial charge in [0.15, 0.2) is 0 Å². The van der Waals surface area contributed by atoms with Gasteiger partial charge in [-0.1, -0.05) is 6.07 Å². The van der Waals surface area contributed by atoms with Crippen LogP contribution in [-0.4, -0.2) is 22.1 Å². The minimum Gasteiger partial charge on any atom is -0.494 e. The van der Waals surface area contributed by atoms with E-state index in [1.807, 2.05) is 63.2 Å². The highest BCUT2D eigenvalue weighted by atomic mass is 16.5. The highest BCUT2D eigenvalue weighted by Crippen LogP contribution is 2.19. The third-order valence-electron chi connectivity index (χ3n) is 4.16. The fraction of sp³-hybridized carbons (Fsp3) is 0.227. The molecule has 28 heavy (non-hydrogen) atoms. The molecule has 0 saturated carbocycles. The van der Waals surface area contributed by atoms with E-state index in [0.717, 1.165) is 28.1 Å². The van der Waals surface area contributed by atoms with Crippen molar-refractivity contribution in [2.45, 2.75) is 27.3 Å². The van der Waals surface area contributed by atoms with Gasteiger partial charge in [0, 0.05) is 17.3 Å². The first-order valence-corrected chi connectivity index (χ1v) is 9.12. The van der Waals surface area contributed by atoms with E-state index in [-0.39, 0.29) is 18.0 Å². The Kier molecular flexibility index (Phi) is 5.89. The molecule has 0 unspecified atom stereocenters. The Hall–Kier alpha value is -3.41. The van der Waals surface area contributed by atoms with E-state index < -0.39 is 0 Å². The fourth-order valence-electron chi connectivity index (χ4n) is 2.99. The fourth-order valence-corrected chi connectivity index (χ4v) is 2.99. The maximum atomic E-state index is 12.4. The standard InChI is InChI=1S/C22H23N3O3/c1-4-28-19-7-5-17(6-8-19)20-12-22(27)25(14-23-20)13-21(26)24-18-10-15(2)9-16(3)11-18/h5-12,14H,4,13H2,1-3H3,(H,24,26). The lowest BCUT2D eigenvalue weighted by atomic mass is 10.1. The van der Waals surface area contributed by atoms with E-state index in [4.69, 9.17) is 4.74 Å². The molecule has 0 aliphatic rings. The van der Waals surface area contributed by atoms with Crippen molar-refractivity contribution in [2.75, 3.05) is 11.9 Å². The third kappa shape index (κ3) is 4.85. The molecule has 1 N–H and O–H groups in total. The van der Waals surface area contributed by atoms with Crippen molar-refractivity contribution in [2.24, 2.45) is 0 Å². The molecule has 1 aromatic heterocycles. The largest absolute Gasteiger partial charge is 0.494 e. The maximum Gasteiger partial charge on any atom is 0.254 e. The van der Waals surface area contributed by atoms with Crippen LogP contribution in [0.1, 0.15) is 18.1 Å². The first-order valence-electron chi connectivity index (χ1n) is 9.12. The highest BCUT2D eigenvalue weighted by Gasteiger charge is 2.08. The molecule has 3 rings (SSSR count). The first-order chi connectivity index (χ1) is 13.4. The van der Waals surface area contributed by atoms with E-state index in [1.54, 1.807) is 0 Å². The number of carbonyl (C=O) groups is 1. The zero-order valence-electron chi connectivity index (χ0n) is 16.2. The van der Waals surface area contributed by atoms with Crippen LogP contribution in [0.4, 0.5) is 5.69 Å². The molecule has 0 radical (unpaired) electrons. The van der Waals surface area contributed by atoms with Gasteiger partial charge in [0.05, 0.1) is 18.6 Å². The van der Waals surface area contributed by atoms with Gasteiger partial charge in [-0.2, -0.15) is 0 Å². The molecule has 6 nitrogen and oxygen atoms in total. The van der Waals surface area contributed by atoms with E-state index in [2.05, 4.69) is 10.3 Å². The van der Waals surface area contributed by atoms with Crippen LogP contribution in [0, 0.1) is 13.8 Å². The second-order valence-electron chi connectivity index (χ2n) is 6.62. The van der Waals surface area contributed by atoms with Gasteiger partial charge in [0.1, 0.15) is 12.3 Å². The van der Waals surface area contributed by atoms with Gasteiger partial charge in [-0.15, -0.1) is 0 Å². The summed E-state index contributed by atoms with van der Waals surface area (Å²) in [7, 11) is 0. The summed E-state index contributed by atoms with van der Waals surface area (Å²) in [5.41, 5.74) is 3.93. The zero-order valence-corrected chi connectivity index (χ0v) is 16.2. The van der Waals surface area contributed by atoms with Crippen molar-refractivity contribution in [1.29, 1.82) is 0 Å². The average Bonchev–Trinajstić information content (AvgIpc) is 2.63. The summed E-state index contributed by atoms with van der Waals surface area (Å²) in [6.45, 7) is 6.36. The van der Waals surface area contributed by atoms with Crippen LogP contribution in [0.25, 0.3) is 11.3 Å². The molecule has 144 valence electrons. The normalized spacial score (nSPS) is 10.5. The molecular weight excluding hydrogens is 354 g/mol. The second kappa shape index (κ2) is 8.52. The molecule has 0 bridgehead atoms. The molecule has 3 aromatic rings. The Bertz CT molecular complexity index is 1020. The molecule has 0 spiro atoms.